The van der Waals surface area contributed by atoms with Crippen molar-refractivity contribution in [2.45, 2.75) is 30.6 Å². The Labute approximate surface area is 188 Å². The van der Waals surface area contributed by atoms with Crippen molar-refractivity contribution in [1.82, 2.24) is 4.31 Å². The van der Waals surface area contributed by atoms with E-state index in [1.54, 1.807) is 29.2 Å². The van der Waals surface area contributed by atoms with Gasteiger partial charge < -0.3 is 15.0 Å². The molecule has 2 fully saturated rings. The van der Waals surface area contributed by atoms with E-state index in [0.717, 1.165) is 18.7 Å². The molecule has 4 rings (SSSR count). The summed E-state index contributed by atoms with van der Waals surface area (Å²) in [6.45, 7) is 1.31. The quantitative estimate of drug-likeness (QED) is 0.720. The number of ether oxygens (including phenoxy) is 1. The fraction of sp³-hybridized carbons (Fsp3) is 0.391. The second-order valence-corrected chi connectivity index (χ2v) is 9.98. The lowest BCUT2D eigenvalue weighted by Gasteiger charge is -2.30. The maximum atomic E-state index is 12.9. The molecule has 1 N–H and O–H groups in total. The van der Waals surface area contributed by atoms with Crippen LogP contribution in [-0.2, 0) is 19.6 Å². The number of piperidine rings is 1. The van der Waals surface area contributed by atoms with Gasteiger partial charge >= 0.3 is 0 Å². The number of sulfonamides is 1. The summed E-state index contributed by atoms with van der Waals surface area (Å²) in [7, 11) is -2.07. The number of hydrogen-bond acceptors (Lipinski definition) is 5. The Hall–Kier alpha value is -2.91. The lowest BCUT2D eigenvalue weighted by molar-refractivity contribution is -0.121. The van der Waals surface area contributed by atoms with E-state index in [-0.39, 0.29) is 22.6 Å². The molecule has 2 heterocycles. The number of amides is 2. The van der Waals surface area contributed by atoms with Gasteiger partial charge in [-0.3, -0.25) is 9.59 Å². The average Bonchev–Trinajstić information content (AvgIpc) is 3.25. The van der Waals surface area contributed by atoms with Crippen LogP contribution in [0, 0.1) is 5.92 Å². The fourth-order valence-electron chi connectivity index (χ4n) is 4.15. The molecule has 0 atom stereocenters. The molecule has 2 aromatic carbocycles. The summed E-state index contributed by atoms with van der Waals surface area (Å²) in [5.41, 5.74) is 1.50. The Morgan fingerprint density at radius 2 is 1.66 bits per heavy atom. The first kappa shape index (κ1) is 22.3. The van der Waals surface area contributed by atoms with Gasteiger partial charge in [0.05, 0.1) is 12.0 Å². The van der Waals surface area contributed by atoms with Crippen molar-refractivity contribution in [3.63, 3.8) is 0 Å². The first-order valence-corrected chi connectivity index (χ1v) is 12.2. The highest BCUT2D eigenvalue weighted by atomic mass is 32.2. The summed E-state index contributed by atoms with van der Waals surface area (Å²) in [6.07, 6.45) is 2.36. The smallest absolute Gasteiger partial charge is 0.243 e. The Morgan fingerprint density at radius 1 is 1.00 bits per heavy atom. The fourth-order valence-corrected chi connectivity index (χ4v) is 5.61. The van der Waals surface area contributed by atoms with Crippen molar-refractivity contribution >= 4 is 33.2 Å². The van der Waals surface area contributed by atoms with Gasteiger partial charge in [-0.2, -0.15) is 4.31 Å². The van der Waals surface area contributed by atoms with Crippen LogP contribution < -0.4 is 15.0 Å². The van der Waals surface area contributed by atoms with Crippen LogP contribution in [0.1, 0.15) is 25.7 Å². The van der Waals surface area contributed by atoms with Crippen molar-refractivity contribution in [3.05, 3.63) is 48.5 Å². The average molecular weight is 458 g/mol. The second kappa shape index (κ2) is 9.30. The molecule has 0 bridgehead atoms. The van der Waals surface area contributed by atoms with Gasteiger partial charge in [-0.1, -0.05) is 0 Å². The van der Waals surface area contributed by atoms with Crippen LogP contribution in [0.25, 0.3) is 0 Å². The summed E-state index contributed by atoms with van der Waals surface area (Å²) in [5, 5.41) is 2.91. The maximum Gasteiger partial charge on any atom is 0.243 e. The molecular weight excluding hydrogens is 430 g/mol. The molecule has 9 heteroatoms. The van der Waals surface area contributed by atoms with E-state index in [1.807, 2.05) is 12.1 Å². The van der Waals surface area contributed by atoms with Gasteiger partial charge in [0, 0.05) is 43.3 Å². The zero-order chi connectivity index (χ0) is 22.7. The molecule has 0 saturated carbocycles. The highest BCUT2D eigenvalue weighted by Crippen LogP contribution is 2.27. The van der Waals surface area contributed by atoms with Crippen LogP contribution in [0.4, 0.5) is 11.4 Å². The first-order valence-electron chi connectivity index (χ1n) is 10.7. The summed E-state index contributed by atoms with van der Waals surface area (Å²) >= 11 is 0. The Kier molecular flexibility index (Phi) is 6.48. The normalized spacial score (nSPS) is 18.0. The molecule has 0 aliphatic carbocycles. The molecule has 2 aliphatic rings. The minimum atomic E-state index is -3.60. The second-order valence-electron chi connectivity index (χ2n) is 8.04. The van der Waals surface area contributed by atoms with Crippen LogP contribution in [-0.4, -0.2) is 51.3 Å². The zero-order valence-electron chi connectivity index (χ0n) is 18.0. The highest BCUT2D eigenvalue weighted by Gasteiger charge is 2.32. The molecule has 2 aliphatic heterocycles. The Bertz CT molecular complexity index is 1080. The van der Waals surface area contributed by atoms with Gasteiger partial charge in [0.2, 0.25) is 21.8 Å². The van der Waals surface area contributed by atoms with Crippen molar-refractivity contribution in [2.75, 3.05) is 37.0 Å². The molecule has 32 heavy (non-hydrogen) atoms. The number of rotatable bonds is 6. The third kappa shape index (κ3) is 4.63. The van der Waals surface area contributed by atoms with E-state index in [1.165, 1.54) is 23.5 Å². The number of benzene rings is 2. The number of methoxy groups -OCH3 is 1. The van der Waals surface area contributed by atoms with Crippen molar-refractivity contribution in [3.8, 4) is 5.75 Å². The summed E-state index contributed by atoms with van der Waals surface area (Å²) in [5.74, 6) is 0.353. The molecule has 2 amide bonds. The largest absolute Gasteiger partial charge is 0.497 e. The summed E-state index contributed by atoms with van der Waals surface area (Å²) in [4.78, 5) is 26.5. The summed E-state index contributed by atoms with van der Waals surface area (Å²) in [6, 6.07) is 13.6. The number of carbonyl (C=O) groups excluding carboxylic acids is 2. The molecule has 8 nitrogen and oxygen atoms in total. The first-order chi connectivity index (χ1) is 15.4. The van der Waals surface area contributed by atoms with Crippen molar-refractivity contribution in [2.24, 2.45) is 5.92 Å². The van der Waals surface area contributed by atoms with Crippen LogP contribution in [0.2, 0.25) is 0 Å². The molecule has 0 unspecified atom stereocenters. The number of nitrogens with zero attached hydrogens (tertiary/aromatic N) is 2. The van der Waals surface area contributed by atoms with Crippen molar-refractivity contribution in [1.29, 1.82) is 0 Å². The Balaban J connectivity index is 1.32. The van der Waals surface area contributed by atoms with Gasteiger partial charge in [-0.25, -0.2) is 8.42 Å². The predicted octanol–water partition coefficient (Wildman–Crippen LogP) is 2.86. The molecule has 2 aromatic rings. The molecule has 0 spiro atoms. The van der Waals surface area contributed by atoms with E-state index >= 15 is 0 Å². The van der Waals surface area contributed by atoms with Crippen molar-refractivity contribution < 1.29 is 22.7 Å². The van der Waals surface area contributed by atoms with E-state index < -0.39 is 10.0 Å². The predicted molar refractivity (Wildman–Crippen MR) is 121 cm³/mol. The minimum Gasteiger partial charge on any atom is -0.497 e. The maximum absolute atomic E-state index is 12.9. The van der Waals surface area contributed by atoms with Crippen LogP contribution in [0.15, 0.2) is 53.4 Å². The SMILES string of the molecule is COc1ccc(S(=O)(=O)N2CCC(C(=O)Nc3ccc(N4CCCC4=O)cc3)CC2)cc1. The number of hydrogen-bond donors (Lipinski definition) is 1. The monoisotopic (exact) mass is 457 g/mol. The molecular formula is C23H27N3O5S. The van der Waals surface area contributed by atoms with Gasteiger partial charge in [0.1, 0.15) is 5.75 Å². The molecule has 170 valence electrons. The Morgan fingerprint density at radius 3 is 2.22 bits per heavy atom. The lowest BCUT2D eigenvalue weighted by Crippen LogP contribution is -2.41. The number of nitrogens with one attached hydrogen (secondary N) is 1. The third-order valence-electron chi connectivity index (χ3n) is 6.04. The van der Waals surface area contributed by atoms with Gasteiger partial charge in [0.25, 0.3) is 0 Å². The third-order valence-corrected chi connectivity index (χ3v) is 7.95. The topological polar surface area (TPSA) is 96.0 Å². The van der Waals surface area contributed by atoms with Crippen LogP contribution in [0.5, 0.6) is 5.75 Å². The number of carbonyl (C=O) groups is 2. The lowest BCUT2D eigenvalue weighted by atomic mass is 9.97. The van der Waals surface area contributed by atoms with Gasteiger partial charge in [-0.05, 0) is 67.8 Å². The van der Waals surface area contributed by atoms with Gasteiger partial charge in [0.15, 0.2) is 0 Å². The minimum absolute atomic E-state index is 0.114. The van der Waals surface area contributed by atoms with E-state index in [4.69, 9.17) is 4.74 Å². The van der Waals surface area contributed by atoms with E-state index in [2.05, 4.69) is 5.32 Å². The van der Waals surface area contributed by atoms with Crippen LogP contribution >= 0.6 is 0 Å². The van der Waals surface area contributed by atoms with E-state index in [9.17, 15) is 18.0 Å². The van der Waals surface area contributed by atoms with E-state index in [0.29, 0.717) is 43.8 Å². The molecule has 2 saturated heterocycles. The summed E-state index contributed by atoms with van der Waals surface area (Å²) < 4.78 is 32.3. The molecule has 0 aromatic heterocycles. The highest BCUT2D eigenvalue weighted by molar-refractivity contribution is 7.89. The van der Waals surface area contributed by atoms with Gasteiger partial charge in [-0.15, -0.1) is 0 Å². The van der Waals surface area contributed by atoms with Crippen LogP contribution in [0.3, 0.4) is 0 Å². The number of anilines is 2. The zero-order valence-corrected chi connectivity index (χ0v) is 18.8. The standard InChI is InChI=1S/C23H27N3O5S/c1-31-20-8-10-21(11-9-20)32(29,30)25-15-12-17(13-16-25)23(28)24-18-4-6-19(7-5-18)26-14-2-3-22(26)27/h4-11,17H,2-3,12-16H2,1H3,(H,24,28). The molecule has 0 radical (unpaired) electrons.